The van der Waals surface area contributed by atoms with Crippen molar-refractivity contribution in [1.29, 1.82) is 0 Å². The number of aromatic nitrogens is 1. The topological polar surface area (TPSA) is 29.7 Å². The van der Waals surface area contributed by atoms with Gasteiger partial charge in [-0.15, -0.1) is 0 Å². The van der Waals surface area contributed by atoms with Crippen molar-refractivity contribution in [2.45, 2.75) is 19.4 Å². The Labute approximate surface area is 159 Å². The van der Waals surface area contributed by atoms with Crippen LogP contribution in [0.5, 0.6) is 5.88 Å². The maximum atomic E-state index is 7.61. The van der Waals surface area contributed by atoms with Crippen molar-refractivity contribution >= 4 is 11.4 Å². The lowest BCUT2D eigenvalue weighted by Crippen LogP contribution is -2.24. The highest BCUT2D eigenvalue weighted by molar-refractivity contribution is 5.79. The van der Waals surface area contributed by atoms with E-state index < -0.39 is 0 Å². The highest BCUT2D eigenvalue weighted by Crippen LogP contribution is 2.35. The molecule has 1 aliphatic heterocycles. The summed E-state index contributed by atoms with van der Waals surface area (Å²) in [7, 11) is 0. The SMILES string of the molecule is [C-]#[N+]c1cc(-c2ccccc2)ccc1N1CC[C@H](Oc2ccc(C)cn2)C1. The zero-order valence-electron chi connectivity index (χ0n) is 15.3. The van der Waals surface area contributed by atoms with Crippen molar-refractivity contribution in [3.05, 3.63) is 83.8 Å². The van der Waals surface area contributed by atoms with Crippen molar-refractivity contribution in [2.24, 2.45) is 0 Å². The second-order valence-electron chi connectivity index (χ2n) is 6.83. The molecule has 0 radical (unpaired) electrons. The van der Waals surface area contributed by atoms with E-state index >= 15 is 0 Å². The Morgan fingerprint density at radius 3 is 2.67 bits per heavy atom. The number of nitrogens with zero attached hydrogens (tertiary/aromatic N) is 3. The summed E-state index contributed by atoms with van der Waals surface area (Å²) in [5.74, 6) is 0.664. The molecule has 4 heteroatoms. The molecule has 4 nitrogen and oxygen atoms in total. The van der Waals surface area contributed by atoms with E-state index in [1.807, 2.05) is 49.5 Å². The largest absolute Gasteiger partial charge is 0.472 e. The van der Waals surface area contributed by atoms with Crippen molar-refractivity contribution in [3.63, 3.8) is 0 Å². The fraction of sp³-hybridized carbons (Fsp3) is 0.217. The summed E-state index contributed by atoms with van der Waals surface area (Å²) < 4.78 is 6.02. The standard InChI is InChI=1S/C23H21N3O/c1-17-8-11-23(25-15-17)27-20-12-13-26(16-20)22-10-9-19(14-21(22)24-2)18-6-4-3-5-7-18/h3-11,14-15,20H,12-13,16H2,1H3/t20-/m0/s1. The van der Waals surface area contributed by atoms with Crippen LogP contribution in [-0.4, -0.2) is 24.2 Å². The van der Waals surface area contributed by atoms with Gasteiger partial charge in [0.1, 0.15) is 6.10 Å². The minimum atomic E-state index is 0.0904. The van der Waals surface area contributed by atoms with Gasteiger partial charge in [-0.2, -0.15) is 0 Å². The van der Waals surface area contributed by atoms with Crippen LogP contribution >= 0.6 is 0 Å². The second kappa shape index (κ2) is 7.51. The molecule has 4 rings (SSSR count). The predicted molar refractivity (Wildman–Crippen MR) is 108 cm³/mol. The summed E-state index contributed by atoms with van der Waals surface area (Å²) >= 11 is 0. The van der Waals surface area contributed by atoms with Crippen LogP contribution in [0.25, 0.3) is 16.0 Å². The zero-order chi connectivity index (χ0) is 18.6. The molecule has 0 spiro atoms. The molecule has 3 aromatic rings. The van der Waals surface area contributed by atoms with Gasteiger partial charge in [0.25, 0.3) is 0 Å². The lowest BCUT2D eigenvalue weighted by molar-refractivity contribution is 0.216. The molecule has 0 amide bonds. The number of ether oxygens (including phenoxy) is 1. The number of aryl methyl sites for hydroxylation is 1. The van der Waals surface area contributed by atoms with Gasteiger partial charge >= 0.3 is 0 Å². The number of anilines is 1. The van der Waals surface area contributed by atoms with Gasteiger partial charge in [0, 0.05) is 30.9 Å². The first-order chi connectivity index (χ1) is 13.2. The number of hydrogen-bond acceptors (Lipinski definition) is 3. The molecule has 2 aromatic carbocycles. The van der Waals surface area contributed by atoms with E-state index in [2.05, 4.69) is 39.0 Å². The third-order valence-electron chi connectivity index (χ3n) is 4.86. The molecule has 1 atom stereocenters. The first kappa shape index (κ1) is 17.1. The normalized spacial score (nSPS) is 16.1. The summed E-state index contributed by atoms with van der Waals surface area (Å²) in [6, 6.07) is 20.2. The predicted octanol–water partition coefficient (Wildman–Crippen LogP) is 5.27. The summed E-state index contributed by atoms with van der Waals surface area (Å²) in [6.45, 7) is 11.3. The molecule has 0 aliphatic carbocycles. The zero-order valence-corrected chi connectivity index (χ0v) is 15.3. The molecule has 0 saturated carbocycles. The van der Waals surface area contributed by atoms with Gasteiger partial charge < -0.3 is 9.64 Å². The smallest absolute Gasteiger partial charge is 0.213 e. The molecule has 27 heavy (non-hydrogen) atoms. The van der Waals surface area contributed by atoms with E-state index in [1.165, 1.54) is 0 Å². The lowest BCUT2D eigenvalue weighted by Gasteiger charge is -2.21. The average Bonchev–Trinajstić information content (AvgIpc) is 3.18. The van der Waals surface area contributed by atoms with Crippen LogP contribution in [0, 0.1) is 13.5 Å². The van der Waals surface area contributed by atoms with Gasteiger partial charge in [0.15, 0.2) is 0 Å². The van der Waals surface area contributed by atoms with Gasteiger partial charge in [-0.05, 0) is 35.7 Å². The minimum absolute atomic E-state index is 0.0904. The van der Waals surface area contributed by atoms with Gasteiger partial charge in [0.05, 0.1) is 13.1 Å². The van der Waals surface area contributed by atoms with E-state index in [0.29, 0.717) is 11.6 Å². The molecule has 1 aliphatic rings. The highest BCUT2D eigenvalue weighted by Gasteiger charge is 2.26. The molecule has 134 valence electrons. The van der Waals surface area contributed by atoms with E-state index in [-0.39, 0.29) is 6.10 Å². The van der Waals surface area contributed by atoms with Crippen LogP contribution in [-0.2, 0) is 0 Å². The summed E-state index contributed by atoms with van der Waals surface area (Å²) in [5.41, 5.74) is 4.98. The van der Waals surface area contributed by atoms with Gasteiger partial charge in [-0.1, -0.05) is 42.5 Å². The van der Waals surface area contributed by atoms with Crippen molar-refractivity contribution < 1.29 is 4.74 Å². The molecule has 2 heterocycles. The molecular weight excluding hydrogens is 334 g/mol. The van der Waals surface area contributed by atoms with E-state index in [4.69, 9.17) is 11.3 Å². The molecule has 1 aromatic heterocycles. The van der Waals surface area contributed by atoms with Crippen LogP contribution < -0.4 is 9.64 Å². The maximum Gasteiger partial charge on any atom is 0.213 e. The number of hydrogen-bond donors (Lipinski definition) is 0. The van der Waals surface area contributed by atoms with E-state index in [9.17, 15) is 0 Å². The molecule has 1 fully saturated rings. The third-order valence-corrected chi connectivity index (χ3v) is 4.86. The number of benzene rings is 2. The average molecular weight is 355 g/mol. The van der Waals surface area contributed by atoms with Crippen LogP contribution in [0.3, 0.4) is 0 Å². The second-order valence-corrected chi connectivity index (χ2v) is 6.83. The summed E-state index contributed by atoms with van der Waals surface area (Å²) in [4.78, 5) is 10.3. The molecule has 0 bridgehead atoms. The molecule has 0 N–H and O–H groups in total. The fourth-order valence-electron chi connectivity index (χ4n) is 3.43. The Morgan fingerprint density at radius 2 is 1.93 bits per heavy atom. The van der Waals surface area contributed by atoms with Crippen molar-refractivity contribution in [2.75, 3.05) is 18.0 Å². The molecule has 1 saturated heterocycles. The first-order valence-electron chi connectivity index (χ1n) is 9.14. The van der Waals surface area contributed by atoms with E-state index in [0.717, 1.165) is 41.9 Å². The number of rotatable bonds is 4. The molecule has 0 unspecified atom stereocenters. The monoisotopic (exact) mass is 355 g/mol. The quantitative estimate of drug-likeness (QED) is 0.598. The van der Waals surface area contributed by atoms with Crippen molar-refractivity contribution in [1.82, 2.24) is 4.98 Å². The Hall–Kier alpha value is -3.32. The first-order valence-corrected chi connectivity index (χ1v) is 9.14. The summed E-state index contributed by atoms with van der Waals surface area (Å²) in [6.07, 6.45) is 2.84. The Bertz CT molecular complexity index is 961. The van der Waals surface area contributed by atoms with Gasteiger partial charge in [-0.3, -0.25) is 0 Å². The Morgan fingerprint density at radius 1 is 1.07 bits per heavy atom. The van der Waals surface area contributed by atoms with Crippen molar-refractivity contribution in [3.8, 4) is 17.0 Å². The minimum Gasteiger partial charge on any atom is -0.472 e. The fourth-order valence-corrected chi connectivity index (χ4v) is 3.43. The van der Waals surface area contributed by atoms with Gasteiger partial charge in [0.2, 0.25) is 11.6 Å². The van der Waals surface area contributed by atoms with Crippen LogP contribution in [0.15, 0.2) is 66.9 Å². The summed E-state index contributed by atoms with van der Waals surface area (Å²) in [5, 5.41) is 0. The number of pyridine rings is 1. The highest BCUT2D eigenvalue weighted by atomic mass is 16.5. The van der Waals surface area contributed by atoms with Gasteiger partial charge in [-0.25, -0.2) is 9.83 Å². The Kier molecular flexibility index (Phi) is 4.76. The van der Waals surface area contributed by atoms with Crippen LogP contribution in [0.2, 0.25) is 0 Å². The van der Waals surface area contributed by atoms with Crippen LogP contribution in [0.1, 0.15) is 12.0 Å². The molecular formula is C23H21N3O. The van der Waals surface area contributed by atoms with Crippen LogP contribution in [0.4, 0.5) is 11.4 Å². The van der Waals surface area contributed by atoms with E-state index in [1.54, 1.807) is 0 Å². The maximum absolute atomic E-state index is 7.61. The Balaban J connectivity index is 1.50. The third kappa shape index (κ3) is 3.78. The lowest BCUT2D eigenvalue weighted by atomic mass is 10.0.